The molecule has 6 aromatic carbocycles. The van der Waals surface area contributed by atoms with Crippen molar-refractivity contribution in [1.29, 1.82) is 0 Å². The molecule has 14 aromatic heterocycles. The van der Waals surface area contributed by atoms with E-state index >= 15 is 0 Å². The number of pyridine rings is 5. The van der Waals surface area contributed by atoms with E-state index in [-0.39, 0.29) is 0 Å². The Morgan fingerprint density at radius 3 is 1.50 bits per heavy atom. The Morgan fingerprint density at radius 2 is 0.849 bits per heavy atom. The fraction of sp³-hybridized carbons (Fsp3) is 0.247. The van der Waals surface area contributed by atoms with Gasteiger partial charge in [-0.25, -0.2) is 44.9 Å². The fourth-order valence-corrected chi connectivity index (χ4v) is 15.5. The first kappa shape index (κ1) is 78.6. The Kier molecular flexibility index (Phi) is 23.7. The van der Waals surface area contributed by atoms with Crippen molar-refractivity contribution < 1.29 is 4.42 Å². The molecule has 0 atom stereocenters. The molecule has 26 nitrogen and oxygen atoms in total. The minimum Gasteiger partial charge on any atom is -0.462 e. The van der Waals surface area contributed by atoms with E-state index in [0.717, 1.165) is 184 Å². The maximum absolute atomic E-state index is 5.19. The molecule has 20 aromatic rings. The minimum absolute atomic E-state index is 0.861. The molecule has 5 aliphatic heterocycles. The highest BCUT2D eigenvalue weighted by Gasteiger charge is 2.23. The predicted octanol–water partition coefficient (Wildman–Crippen LogP) is 16.9. The quantitative estimate of drug-likeness (QED) is 0.149. The van der Waals surface area contributed by atoms with Gasteiger partial charge in [-0.15, -0.1) is 0 Å². The van der Waals surface area contributed by atoms with Crippen molar-refractivity contribution in [3.05, 3.63) is 279 Å². The normalized spacial score (nSPS) is 13.4. The van der Waals surface area contributed by atoms with Gasteiger partial charge in [0.2, 0.25) is 29.6 Å². The molecule has 0 bridgehead atoms. The van der Waals surface area contributed by atoms with E-state index in [1.165, 1.54) is 57.9 Å². The van der Waals surface area contributed by atoms with Crippen molar-refractivity contribution in [3.63, 3.8) is 0 Å². The van der Waals surface area contributed by atoms with Crippen molar-refractivity contribution in [2.75, 3.05) is 92.5 Å². The van der Waals surface area contributed by atoms with Gasteiger partial charge in [-0.3, -0.25) is 23.6 Å². The van der Waals surface area contributed by atoms with Crippen LogP contribution in [0.5, 0.6) is 0 Å². The summed E-state index contributed by atoms with van der Waals surface area (Å²) in [6, 6.07) is 65.3. The topological polar surface area (TPSA) is 234 Å². The van der Waals surface area contributed by atoms with Gasteiger partial charge in [0.1, 0.15) is 16.9 Å². The zero-order valence-corrected chi connectivity index (χ0v) is 69.1. The Morgan fingerprint density at radius 1 is 0.353 bits per heavy atom. The average Bonchev–Trinajstić information content (AvgIpc) is 1.63. The van der Waals surface area contributed by atoms with Crippen LogP contribution in [0.4, 0.5) is 29.6 Å². The third-order valence-electron chi connectivity index (χ3n) is 21.8. The van der Waals surface area contributed by atoms with Crippen LogP contribution in [0.3, 0.4) is 0 Å². The van der Waals surface area contributed by atoms with Crippen LogP contribution in [-0.4, -0.2) is 165 Å². The highest BCUT2D eigenvalue weighted by atomic mass is 16.3. The summed E-state index contributed by atoms with van der Waals surface area (Å²) >= 11 is 0. The number of likely N-dealkylation sites (N-methyl/N-ethyl adjacent to an activating group) is 3. The molecule has 25 rings (SSSR count). The molecular weight excluding hydrogens is 1480 g/mol. The Balaban J connectivity index is 0.0000000989. The van der Waals surface area contributed by atoms with Crippen LogP contribution in [0.1, 0.15) is 41.5 Å². The number of furan rings is 1. The second-order valence-corrected chi connectivity index (χ2v) is 30.1. The summed E-state index contributed by atoms with van der Waals surface area (Å²) in [5, 5.41) is 6.35. The minimum atomic E-state index is 0.861. The molecule has 0 spiro atoms. The third-order valence-corrected chi connectivity index (χ3v) is 21.8. The lowest BCUT2D eigenvalue weighted by Gasteiger charge is -2.24. The average molecular weight is 1580 g/mol. The van der Waals surface area contributed by atoms with E-state index in [1.54, 1.807) is 29.7 Å². The number of nitrogens with one attached hydrogen (secondary N) is 1. The van der Waals surface area contributed by atoms with Gasteiger partial charge in [0.25, 0.3) is 0 Å². The molecule has 0 unspecified atom stereocenters. The largest absolute Gasteiger partial charge is 0.462 e. The van der Waals surface area contributed by atoms with Gasteiger partial charge in [0, 0.05) is 168 Å². The summed E-state index contributed by atoms with van der Waals surface area (Å²) in [4.78, 5) is 62.3. The van der Waals surface area contributed by atoms with Crippen LogP contribution < -0.4 is 24.5 Å². The first-order valence-corrected chi connectivity index (χ1v) is 40.4. The number of aromatic amines is 1. The van der Waals surface area contributed by atoms with Gasteiger partial charge in [0.05, 0.1) is 79.5 Å². The Labute approximate surface area is 690 Å². The second kappa shape index (κ2) is 35.8. The zero-order chi connectivity index (χ0) is 81.9. The number of benzene rings is 6. The SMILES string of the molecule is CN1CCCCn2c1nc1ccccc12.CN1CCCn2c1nc1ccccc12.CN1CCc2cccnc21.CN1CCn2c1nc1ccccc12.CN1CCn2c1nc1cccnc12.Cc1cccc2[nH]cnc12.Cc1cccc2cccnc12.Cc1coc2cccnc12.Cn1ccn2c3ccccc3nc12.Cn1ncc2cccnc21. The summed E-state index contributed by atoms with van der Waals surface area (Å²) in [7, 11) is 14.4. The van der Waals surface area contributed by atoms with E-state index in [4.69, 9.17) is 4.42 Å². The first-order valence-electron chi connectivity index (χ1n) is 40.4. The molecule has 0 saturated carbocycles. The van der Waals surface area contributed by atoms with Crippen LogP contribution in [0, 0.1) is 20.8 Å². The van der Waals surface area contributed by atoms with Crippen LogP contribution in [0.25, 0.3) is 105 Å². The first-order chi connectivity index (χ1) is 58.2. The van der Waals surface area contributed by atoms with Crippen molar-refractivity contribution in [1.82, 2.24) is 96.8 Å². The molecule has 0 aliphatic carbocycles. The second-order valence-electron chi connectivity index (χ2n) is 30.1. The number of hydrogen-bond acceptors (Lipinski definition) is 18. The molecule has 119 heavy (non-hydrogen) atoms. The van der Waals surface area contributed by atoms with Crippen LogP contribution in [0.2, 0.25) is 0 Å². The number of anilines is 5. The van der Waals surface area contributed by atoms with Crippen LogP contribution in [0.15, 0.2) is 261 Å². The lowest BCUT2D eigenvalue weighted by molar-refractivity contribution is 0.591. The Bertz CT molecular complexity index is 6630. The predicted molar refractivity (Wildman–Crippen MR) is 481 cm³/mol. The number of rotatable bonds is 0. The van der Waals surface area contributed by atoms with E-state index in [1.807, 2.05) is 154 Å². The third kappa shape index (κ3) is 17.2. The molecule has 0 fully saturated rings. The Hall–Kier alpha value is -14.3. The maximum atomic E-state index is 5.19. The smallest absolute Gasteiger partial charge is 0.214 e. The fourth-order valence-electron chi connectivity index (χ4n) is 15.5. The van der Waals surface area contributed by atoms with Crippen molar-refractivity contribution in [2.45, 2.75) is 72.6 Å². The van der Waals surface area contributed by atoms with Gasteiger partial charge in [-0.05, 0) is 166 Å². The summed E-state index contributed by atoms with van der Waals surface area (Å²) < 4.78 is 20.1. The van der Waals surface area contributed by atoms with Crippen LogP contribution in [-0.2, 0) is 46.7 Å². The highest BCUT2D eigenvalue weighted by Crippen LogP contribution is 2.30. The number of aromatic nitrogens is 20. The van der Waals surface area contributed by atoms with E-state index in [9.17, 15) is 0 Å². The number of hydrogen-bond donors (Lipinski definition) is 1. The van der Waals surface area contributed by atoms with Gasteiger partial charge in [0.15, 0.2) is 16.9 Å². The molecule has 26 heteroatoms. The monoisotopic (exact) mass is 1580 g/mol. The maximum Gasteiger partial charge on any atom is 0.214 e. The lowest BCUT2D eigenvalue weighted by Crippen LogP contribution is -2.28. The summed E-state index contributed by atoms with van der Waals surface area (Å²) in [6.45, 7) is 15.8. The number of imidazole rings is 7. The van der Waals surface area contributed by atoms with E-state index < -0.39 is 0 Å². The molecule has 0 amide bonds. The van der Waals surface area contributed by atoms with Gasteiger partial charge in [-0.1, -0.05) is 91.0 Å². The molecule has 19 heterocycles. The van der Waals surface area contributed by atoms with Gasteiger partial charge in [-0.2, -0.15) is 5.10 Å². The van der Waals surface area contributed by atoms with E-state index in [2.05, 4.69) is 264 Å². The molecule has 5 aliphatic rings. The molecule has 602 valence electrons. The van der Waals surface area contributed by atoms with Crippen LogP contribution >= 0.6 is 0 Å². The van der Waals surface area contributed by atoms with Crippen molar-refractivity contribution in [3.8, 4) is 0 Å². The van der Waals surface area contributed by atoms with Gasteiger partial charge >= 0.3 is 0 Å². The number of para-hydroxylation sites is 10. The number of aryl methyl sites for hydroxylation is 7. The molecular formula is C93H99N25O. The number of nitrogens with zero attached hydrogens (tertiary/aromatic N) is 24. The molecule has 1 N–H and O–H groups in total. The number of H-pyrrole nitrogens is 1. The van der Waals surface area contributed by atoms with Gasteiger partial charge < -0.3 is 52.2 Å². The van der Waals surface area contributed by atoms with E-state index in [0.29, 0.717) is 0 Å². The zero-order valence-electron chi connectivity index (χ0n) is 69.1. The highest BCUT2D eigenvalue weighted by molar-refractivity contribution is 5.84. The number of fused-ring (bicyclic) bond motifs is 20. The standard InChI is InChI=1S/C12H15N3.C11H13N3.C10H11N3.C10H9N3.C10H9N.C9H10N4.C8H10N2.C8H8N2.C8H7NO.C7H7N3/c1-14-8-4-5-9-15-11-7-3-2-6-10(11)13-12(14)15;1-13-7-4-8-14-10-6-3-2-5-9(10)12-11(13)14;2*1-12-6-7-13-9-5-3-2-4-8(9)11-10(12)13;1-8-4-2-5-9-6-3-7-11-10(8)9;1-12-5-6-13-8-7(11-9(12)13)3-2-4-10-8;1-10-6-4-7-3-2-5-9-8(7)10;1-6-3-2-4-7-8(6)10-5-9-7;1-6-5-10-7-3-2-4-9-8(6)7;1-10-7-6(5-9-10)3-2-4-8-7/h2-3,6-7H,4-5,8-9H2,1H3;2-3,5-6H,4,7-8H2,1H3;2-5H,6-7H2,1H3;2-7H,1H3;2-7H,1H3;2-4H,5-6H2,1H3;2-3,5H,4,6H2,1H3;2-5H,1H3,(H,9,10);2*2-5H,1H3. The van der Waals surface area contributed by atoms with Crippen molar-refractivity contribution in [2.24, 2.45) is 14.1 Å². The summed E-state index contributed by atoms with van der Waals surface area (Å²) in [6.07, 6.45) is 23.2. The van der Waals surface area contributed by atoms with Crippen molar-refractivity contribution >= 4 is 135 Å². The summed E-state index contributed by atoms with van der Waals surface area (Å²) in [5.74, 6) is 6.50. The lowest BCUT2D eigenvalue weighted by atomic mass is 10.1. The molecule has 0 radical (unpaired) electrons. The summed E-state index contributed by atoms with van der Waals surface area (Å²) in [5.41, 5.74) is 22.3. The molecule has 0 saturated heterocycles.